The molecule has 1 saturated carbocycles. The molecule has 0 bridgehead atoms. The van der Waals surface area contributed by atoms with Gasteiger partial charge in [-0.2, -0.15) is 0 Å². The highest BCUT2D eigenvalue weighted by molar-refractivity contribution is 5.90. The second-order valence-corrected chi connectivity index (χ2v) is 13.5. The zero-order chi connectivity index (χ0) is 35.1. The van der Waals surface area contributed by atoms with Crippen molar-refractivity contribution < 1.29 is 28.3 Å². The number of hydrogen-bond acceptors (Lipinski definition) is 4. The smallest absolute Gasteiger partial charge is 0.321 e. The minimum absolute atomic E-state index is 0.00928. The van der Waals surface area contributed by atoms with E-state index in [1.54, 1.807) is 29.2 Å². The van der Waals surface area contributed by atoms with E-state index >= 15 is 0 Å². The van der Waals surface area contributed by atoms with Crippen molar-refractivity contribution in [3.8, 4) is 0 Å². The van der Waals surface area contributed by atoms with Crippen molar-refractivity contribution in [2.45, 2.75) is 62.5 Å². The van der Waals surface area contributed by atoms with Gasteiger partial charge in [-0.1, -0.05) is 48.5 Å². The first-order chi connectivity index (χ1) is 24.2. The molecule has 4 aromatic rings. The van der Waals surface area contributed by atoms with Crippen molar-refractivity contribution in [1.29, 1.82) is 0 Å². The van der Waals surface area contributed by atoms with Crippen LogP contribution >= 0.6 is 0 Å². The molecule has 4 amide bonds. The molecule has 8 nitrogen and oxygen atoms in total. The van der Waals surface area contributed by atoms with E-state index in [0.29, 0.717) is 75.0 Å². The Labute approximate surface area is 290 Å². The SMILES string of the molecule is O=CC1(c2ccc(F)cc2)CCC(NC(=O)Nc2ccc(Cc3ccc(NC(=O)N4CCC(C(O)c5ccc(F)cc5)CC4)cc3)cc2)CC1. The predicted octanol–water partition coefficient (Wildman–Crippen LogP) is 7.73. The van der Waals surface area contributed by atoms with Crippen LogP contribution in [0, 0.1) is 17.6 Å². The number of carbonyl (C=O) groups is 3. The maximum atomic E-state index is 13.4. The molecule has 2 fully saturated rings. The molecule has 0 radical (unpaired) electrons. The van der Waals surface area contributed by atoms with E-state index in [-0.39, 0.29) is 35.7 Å². The molecule has 0 aromatic heterocycles. The average Bonchev–Trinajstić information content (AvgIpc) is 3.14. The minimum Gasteiger partial charge on any atom is -0.388 e. The summed E-state index contributed by atoms with van der Waals surface area (Å²) >= 11 is 0. The fourth-order valence-corrected chi connectivity index (χ4v) is 7.09. The van der Waals surface area contributed by atoms with E-state index in [0.717, 1.165) is 23.0 Å². The molecule has 50 heavy (non-hydrogen) atoms. The standard InChI is InChI=1S/C40H42F2N4O4/c41-32-9-5-29(6-10-32)37(48)30-19-23-46(24-20-30)39(50)45-35-15-3-28(4-16-35)25-27-1-13-34(14-2-27)43-38(49)44-36-17-21-40(26-47,22-18-36)31-7-11-33(42)12-8-31/h1-16,26,30,36-37,48H,17-25H2,(H,45,50)(H2,43,44,49). The van der Waals surface area contributed by atoms with Gasteiger partial charge < -0.3 is 30.8 Å². The van der Waals surface area contributed by atoms with Crippen LogP contribution in [0.25, 0.3) is 0 Å². The number of benzene rings is 4. The van der Waals surface area contributed by atoms with Gasteiger partial charge in [-0.3, -0.25) is 0 Å². The lowest BCUT2D eigenvalue weighted by molar-refractivity contribution is -0.113. The van der Waals surface area contributed by atoms with Crippen LogP contribution in [0.3, 0.4) is 0 Å². The molecule has 10 heteroatoms. The van der Waals surface area contributed by atoms with Crippen molar-refractivity contribution >= 4 is 29.7 Å². The number of likely N-dealkylation sites (tertiary alicyclic amines) is 1. The summed E-state index contributed by atoms with van der Waals surface area (Å²) in [5.41, 5.74) is 4.36. The normalized spacial score (nSPS) is 20.1. The number of urea groups is 2. The first kappa shape index (κ1) is 34.8. The summed E-state index contributed by atoms with van der Waals surface area (Å²) in [6, 6.07) is 26.8. The zero-order valence-corrected chi connectivity index (χ0v) is 27.8. The van der Waals surface area contributed by atoms with Crippen molar-refractivity contribution in [2.24, 2.45) is 5.92 Å². The fraction of sp³-hybridized carbons (Fsp3) is 0.325. The van der Waals surface area contributed by atoms with Crippen LogP contribution < -0.4 is 16.0 Å². The number of rotatable bonds is 9. The summed E-state index contributed by atoms with van der Waals surface area (Å²) < 4.78 is 26.6. The van der Waals surface area contributed by atoms with Gasteiger partial charge in [-0.25, -0.2) is 18.4 Å². The van der Waals surface area contributed by atoms with Gasteiger partial charge >= 0.3 is 12.1 Å². The minimum atomic E-state index is -0.684. The van der Waals surface area contributed by atoms with E-state index in [4.69, 9.17) is 0 Å². The topological polar surface area (TPSA) is 111 Å². The van der Waals surface area contributed by atoms with Crippen LogP contribution in [0.4, 0.5) is 29.7 Å². The highest BCUT2D eigenvalue weighted by Gasteiger charge is 2.37. The Balaban J connectivity index is 0.920. The number of aldehydes is 1. The van der Waals surface area contributed by atoms with E-state index in [1.807, 2.05) is 48.5 Å². The van der Waals surface area contributed by atoms with Gasteiger partial charge in [-0.15, -0.1) is 0 Å². The van der Waals surface area contributed by atoms with Crippen molar-refractivity contribution in [3.63, 3.8) is 0 Å². The summed E-state index contributed by atoms with van der Waals surface area (Å²) in [5.74, 6) is -0.659. The Bertz CT molecular complexity index is 1750. The van der Waals surface area contributed by atoms with Crippen LogP contribution in [-0.2, 0) is 16.6 Å². The number of aliphatic hydroxyl groups is 1. The van der Waals surface area contributed by atoms with Crippen LogP contribution in [-0.4, -0.2) is 47.5 Å². The first-order valence-corrected chi connectivity index (χ1v) is 17.2. The Morgan fingerprint density at radius 2 is 1.28 bits per heavy atom. The summed E-state index contributed by atoms with van der Waals surface area (Å²) in [7, 11) is 0. The number of piperidine rings is 1. The molecule has 6 rings (SSSR count). The Morgan fingerprint density at radius 3 is 1.82 bits per heavy atom. The average molecular weight is 681 g/mol. The van der Waals surface area contributed by atoms with E-state index in [1.165, 1.54) is 24.3 Å². The molecule has 2 aliphatic rings. The molecule has 4 N–H and O–H groups in total. The molecule has 260 valence electrons. The summed E-state index contributed by atoms with van der Waals surface area (Å²) in [6.07, 6.45) is 4.74. The van der Waals surface area contributed by atoms with Crippen LogP contribution in [0.15, 0.2) is 97.1 Å². The molecule has 0 spiro atoms. The fourth-order valence-electron chi connectivity index (χ4n) is 7.09. The Kier molecular flexibility index (Phi) is 10.9. The van der Waals surface area contributed by atoms with Gasteiger partial charge in [0, 0.05) is 30.5 Å². The van der Waals surface area contributed by atoms with Crippen LogP contribution in [0.5, 0.6) is 0 Å². The zero-order valence-electron chi connectivity index (χ0n) is 27.8. The molecule has 4 aromatic carbocycles. The monoisotopic (exact) mass is 680 g/mol. The van der Waals surface area contributed by atoms with E-state index in [2.05, 4.69) is 16.0 Å². The summed E-state index contributed by atoms with van der Waals surface area (Å²) in [5, 5.41) is 19.6. The van der Waals surface area contributed by atoms with Gasteiger partial charge in [0.2, 0.25) is 0 Å². The lowest BCUT2D eigenvalue weighted by atomic mass is 9.69. The molecule has 1 heterocycles. The highest BCUT2D eigenvalue weighted by Crippen LogP contribution is 2.38. The van der Waals surface area contributed by atoms with Gasteiger partial charge in [0.15, 0.2) is 0 Å². The summed E-state index contributed by atoms with van der Waals surface area (Å²) in [4.78, 5) is 39.4. The largest absolute Gasteiger partial charge is 0.388 e. The van der Waals surface area contributed by atoms with Crippen LogP contribution in [0.1, 0.15) is 66.9 Å². The third kappa shape index (κ3) is 8.55. The lowest BCUT2D eigenvalue weighted by Gasteiger charge is -2.36. The number of halogens is 2. The Hall–Kier alpha value is -5.09. The molecule has 1 aliphatic heterocycles. The third-order valence-corrected chi connectivity index (χ3v) is 10.2. The Morgan fingerprint density at radius 1 is 0.760 bits per heavy atom. The first-order valence-electron chi connectivity index (χ1n) is 17.2. The number of nitrogens with zero attached hydrogens (tertiary/aromatic N) is 1. The molecular weight excluding hydrogens is 638 g/mol. The number of aliphatic hydroxyl groups excluding tert-OH is 1. The lowest BCUT2D eigenvalue weighted by Crippen LogP contribution is -2.44. The van der Waals surface area contributed by atoms with Crippen molar-refractivity contribution in [3.05, 3.63) is 131 Å². The second-order valence-electron chi connectivity index (χ2n) is 13.5. The molecule has 1 unspecified atom stereocenters. The maximum absolute atomic E-state index is 13.4. The third-order valence-electron chi connectivity index (χ3n) is 10.2. The number of carbonyl (C=O) groups excluding carboxylic acids is 3. The number of nitrogens with one attached hydrogen (secondary N) is 3. The summed E-state index contributed by atoms with van der Waals surface area (Å²) in [6.45, 7) is 1.06. The van der Waals surface area contributed by atoms with Crippen LogP contribution in [0.2, 0.25) is 0 Å². The molecule has 1 atom stereocenters. The van der Waals surface area contributed by atoms with E-state index in [9.17, 15) is 28.3 Å². The number of anilines is 2. The quantitative estimate of drug-likeness (QED) is 0.136. The van der Waals surface area contributed by atoms with Crippen molar-refractivity contribution in [2.75, 3.05) is 23.7 Å². The van der Waals surface area contributed by atoms with Gasteiger partial charge in [0.25, 0.3) is 0 Å². The predicted molar refractivity (Wildman–Crippen MR) is 189 cm³/mol. The maximum Gasteiger partial charge on any atom is 0.321 e. The number of amides is 4. The second kappa shape index (κ2) is 15.6. The van der Waals surface area contributed by atoms with Gasteiger partial charge in [0.1, 0.15) is 17.9 Å². The van der Waals surface area contributed by atoms with Crippen molar-refractivity contribution in [1.82, 2.24) is 10.2 Å². The highest BCUT2D eigenvalue weighted by atomic mass is 19.1. The molecular formula is C40H42F2N4O4. The molecule has 1 aliphatic carbocycles. The van der Waals surface area contributed by atoms with Gasteiger partial charge in [0.05, 0.1) is 11.5 Å². The van der Waals surface area contributed by atoms with E-state index < -0.39 is 11.5 Å². The molecule has 1 saturated heterocycles. The number of hydrogen-bond donors (Lipinski definition) is 4. The van der Waals surface area contributed by atoms with Gasteiger partial charge in [-0.05, 0) is 122 Å².